The van der Waals surface area contributed by atoms with Crippen molar-refractivity contribution < 1.29 is 44.4 Å². The van der Waals surface area contributed by atoms with Gasteiger partial charge in [-0.1, -0.05) is 28.4 Å². The van der Waals surface area contributed by atoms with Crippen molar-refractivity contribution in [2.75, 3.05) is 13.1 Å². The molecule has 3 aliphatic heterocycles. The number of carbonyl (C=O) groups excluding carboxylic acids is 1. The Morgan fingerprint density at radius 1 is 1.18 bits per heavy atom. The van der Waals surface area contributed by atoms with Gasteiger partial charge in [-0.25, -0.2) is 12.8 Å². The van der Waals surface area contributed by atoms with Crippen LogP contribution in [0, 0.1) is 5.82 Å². The lowest BCUT2D eigenvalue weighted by atomic mass is 9.89. The van der Waals surface area contributed by atoms with Gasteiger partial charge < -0.3 is 15.1 Å². The normalized spacial score (nSPS) is 22.1. The van der Waals surface area contributed by atoms with E-state index in [-0.39, 0.29) is 36.9 Å². The smallest absolute Gasteiger partial charge is 0.372 e. The Bertz CT molecular complexity index is 1430. The second kappa shape index (κ2) is 9.68. The maximum absolute atomic E-state index is 14.2. The molecular formula is C21H16Cl2F6N4O4S2. The van der Waals surface area contributed by atoms with E-state index in [2.05, 4.69) is 10.5 Å². The van der Waals surface area contributed by atoms with Gasteiger partial charge in [-0.15, -0.1) is 11.3 Å². The number of nitrogens with one attached hydrogen (secondary N) is 1. The fourth-order valence-electron chi connectivity index (χ4n) is 4.42. The Morgan fingerprint density at radius 2 is 1.82 bits per heavy atom. The molecule has 1 amide bonds. The molecule has 1 atom stereocenters. The van der Waals surface area contributed by atoms with Crippen molar-refractivity contribution in [3.63, 3.8) is 0 Å². The zero-order chi connectivity index (χ0) is 28.5. The first-order chi connectivity index (χ1) is 18.1. The van der Waals surface area contributed by atoms with Gasteiger partial charge in [-0.05, 0) is 23.8 Å². The number of rotatable bonds is 5. The Balaban J connectivity index is 1.24. The van der Waals surface area contributed by atoms with Crippen molar-refractivity contribution in [1.82, 2.24) is 14.5 Å². The molecule has 3 aliphatic rings. The molecule has 18 heteroatoms. The van der Waals surface area contributed by atoms with Gasteiger partial charge in [0.1, 0.15) is 5.84 Å². The predicted octanol–water partition coefficient (Wildman–Crippen LogP) is 4.67. The van der Waals surface area contributed by atoms with Crippen molar-refractivity contribution in [3.8, 4) is 0 Å². The van der Waals surface area contributed by atoms with Gasteiger partial charge in [-0.2, -0.15) is 26.3 Å². The minimum absolute atomic E-state index is 0.0203. The predicted molar refractivity (Wildman–Crippen MR) is 129 cm³/mol. The van der Waals surface area contributed by atoms with Crippen LogP contribution in [0.1, 0.15) is 32.1 Å². The molecule has 212 valence electrons. The molecule has 1 aromatic carbocycles. The summed E-state index contributed by atoms with van der Waals surface area (Å²) in [5.74, 6) is -5.15. The van der Waals surface area contributed by atoms with E-state index in [1.165, 1.54) is 0 Å². The molecule has 1 saturated heterocycles. The summed E-state index contributed by atoms with van der Waals surface area (Å²) in [7, 11) is -4.70. The van der Waals surface area contributed by atoms with E-state index in [9.17, 15) is 39.6 Å². The van der Waals surface area contributed by atoms with Crippen LogP contribution in [0.3, 0.4) is 0 Å². The third kappa shape index (κ3) is 4.83. The molecule has 5 rings (SSSR count). The second-order valence-corrected chi connectivity index (χ2v) is 12.9. The number of amidine groups is 1. The number of carbonyl (C=O) groups is 1. The molecule has 1 N–H and O–H groups in total. The molecule has 39 heavy (non-hydrogen) atoms. The molecule has 1 fully saturated rings. The van der Waals surface area contributed by atoms with Crippen LogP contribution < -0.4 is 5.32 Å². The highest BCUT2D eigenvalue weighted by molar-refractivity contribution is 7.89. The second-order valence-electron chi connectivity index (χ2n) is 9.06. The molecule has 1 unspecified atom stereocenters. The lowest BCUT2D eigenvalue weighted by Crippen LogP contribution is -2.61. The summed E-state index contributed by atoms with van der Waals surface area (Å²) >= 11 is 12.5. The van der Waals surface area contributed by atoms with Crippen LogP contribution in [0.15, 0.2) is 23.4 Å². The zero-order valence-corrected chi connectivity index (χ0v) is 22.4. The zero-order valence-electron chi connectivity index (χ0n) is 19.2. The van der Waals surface area contributed by atoms with Gasteiger partial charge in [0.05, 0.1) is 33.9 Å². The fraction of sp³-hybridized carbons (Fsp3) is 0.429. The van der Waals surface area contributed by atoms with Crippen molar-refractivity contribution in [1.29, 1.82) is 0 Å². The third-order valence-corrected chi connectivity index (χ3v) is 9.75. The highest BCUT2D eigenvalue weighted by Gasteiger charge is 2.63. The number of alkyl halides is 5. The monoisotopic (exact) mass is 636 g/mol. The number of sulfonamides is 1. The molecule has 8 nitrogen and oxygen atoms in total. The minimum Gasteiger partial charge on any atom is -0.372 e. The molecule has 0 aliphatic carbocycles. The van der Waals surface area contributed by atoms with Crippen LogP contribution in [0.5, 0.6) is 0 Å². The minimum atomic E-state index is -4.95. The Labute approximate surface area is 231 Å². The standard InChI is InChI=1S/C21H16Cl2F6N4O4S2/c22-12-2-10(3-13(23)17(12)24)20(21(27,28)29)4-16(31-37-20)32-5-9-1-14(38-15(9)8-32)18(34)30-11-6-33(7-11)39(35,36)19(25)26/h1-3,11,19H,4-8H2,(H,30,34). The molecule has 1 aromatic heterocycles. The first-order valence-corrected chi connectivity index (χ1v) is 14.1. The number of nitrogens with zero attached hydrogens (tertiary/aromatic N) is 3. The van der Waals surface area contributed by atoms with E-state index in [1.807, 2.05) is 0 Å². The molecule has 0 spiro atoms. The van der Waals surface area contributed by atoms with E-state index in [0.717, 1.165) is 23.5 Å². The topological polar surface area (TPSA) is 91.3 Å². The van der Waals surface area contributed by atoms with E-state index in [4.69, 9.17) is 28.0 Å². The van der Waals surface area contributed by atoms with Crippen LogP contribution >= 0.6 is 34.5 Å². The van der Waals surface area contributed by atoms with E-state index >= 15 is 0 Å². The maximum Gasteiger partial charge on any atom is 0.435 e. The van der Waals surface area contributed by atoms with Gasteiger partial charge in [-0.3, -0.25) is 4.79 Å². The number of oxime groups is 1. The summed E-state index contributed by atoms with van der Waals surface area (Å²) in [6.07, 6.45) is -5.68. The highest BCUT2D eigenvalue weighted by atomic mass is 35.5. The fourth-order valence-corrected chi connectivity index (χ4v) is 7.00. The van der Waals surface area contributed by atoms with Crippen LogP contribution in [-0.4, -0.2) is 60.4 Å². The molecule has 0 saturated carbocycles. The van der Waals surface area contributed by atoms with Gasteiger partial charge in [0.15, 0.2) is 5.82 Å². The average molecular weight is 637 g/mol. The number of thiophene rings is 1. The van der Waals surface area contributed by atoms with E-state index in [0.29, 0.717) is 14.7 Å². The number of hydrogen-bond acceptors (Lipinski definition) is 7. The van der Waals surface area contributed by atoms with Crippen molar-refractivity contribution in [3.05, 3.63) is 54.9 Å². The lowest BCUT2D eigenvalue weighted by Gasteiger charge is -2.37. The number of fused-ring (bicyclic) bond motifs is 1. The Kier molecular flexibility index (Phi) is 7.01. The van der Waals surface area contributed by atoms with Crippen LogP contribution in [-0.2, 0) is 33.6 Å². The van der Waals surface area contributed by atoms with Gasteiger partial charge in [0.25, 0.3) is 21.5 Å². The van der Waals surface area contributed by atoms with Gasteiger partial charge in [0.2, 0.25) is 0 Å². The average Bonchev–Trinajstić information content (AvgIpc) is 3.51. The molecule has 0 radical (unpaired) electrons. The summed E-state index contributed by atoms with van der Waals surface area (Å²) < 4.78 is 105. The first-order valence-electron chi connectivity index (χ1n) is 11.0. The maximum atomic E-state index is 14.2. The van der Waals surface area contributed by atoms with Gasteiger partial charge in [0, 0.05) is 30.1 Å². The van der Waals surface area contributed by atoms with Crippen LogP contribution in [0.25, 0.3) is 0 Å². The Hall–Kier alpha value is -2.27. The summed E-state index contributed by atoms with van der Waals surface area (Å²) in [6, 6.07) is 2.51. The molecule has 2 aromatic rings. The number of halogens is 8. The summed E-state index contributed by atoms with van der Waals surface area (Å²) in [4.78, 5) is 20.0. The summed E-state index contributed by atoms with van der Waals surface area (Å²) in [5, 5.41) is 5.05. The van der Waals surface area contributed by atoms with Crippen molar-refractivity contribution in [2.45, 2.75) is 43.1 Å². The van der Waals surface area contributed by atoms with Crippen molar-refractivity contribution >= 4 is 56.3 Å². The van der Waals surface area contributed by atoms with E-state index < -0.39 is 67.4 Å². The number of hydrogen-bond donors (Lipinski definition) is 1. The molecule has 0 bridgehead atoms. The number of amides is 1. The quantitative estimate of drug-likeness (QED) is 0.381. The number of benzene rings is 1. The van der Waals surface area contributed by atoms with Gasteiger partial charge >= 0.3 is 11.9 Å². The van der Waals surface area contributed by atoms with Crippen molar-refractivity contribution in [2.24, 2.45) is 5.16 Å². The lowest BCUT2D eigenvalue weighted by molar-refractivity contribution is -0.275. The molecule has 4 heterocycles. The SMILES string of the molecule is O=C(NC1CN(S(=O)(=O)C(F)F)C1)c1cc2c(s1)CN(C1=NOC(c3cc(Cl)c(F)c(Cl)c3)(C(F)(F)F)C1)C2. The van der Waals surface area contributed by atoms with E-state index in [1.54, 1.807) is 11.0 Å². The first kappa shape index (κ1) is 28.3. The molecular weight excluding hydrogens is 621 g/mol. The van der Waals surface area contributed by atoms with Crippen LogP contribution in [0.4, 0.5) is 26.3 Å². The third-order valence-electron chi connectivity index (χ3n) is 6.57. The largest absolute Gasteiger partial charge is 0.435 e. The van der Waals surface area contributed by atoms with Crippen LogP contribution in [0.2, 0.25) is 10.0 Å². The summed E-state index contributed by atoms with van der Waals surface area (Å²) in [6.45, 7) is -0.284. The summed E-state index contributed by atoms with van der Waals surface area (Å²) in [5.41, 5.74) is -2.77. The highest BCUT2D eigenvalue weighted by Crippen LogP contribution is 2.50. The Morgan fingerprint density at radius 3 is 2.38 bits per heavy atom.